The highest BCUT2D eigenvalue weighted by molar-refractivity contribution is 5.98. The van der Waals surface area contributed by atoms with Gasteiger partial charge in [-0.1, -0.05) is 61.9 Å². The topological polar surface area (TPSA) is 77.8 Å². The van der Waals surface area contributed by atoms with Gasteiger partial charge in [-0.25, -0.2) is 4.79 Å². The van der Waals surface area contributed by atoms with E-state index in [1.807, 2.05) is 48.5 Å². The minimum absolute atomic E-state index is 0.204. The average molecular weight is 400 g/mol. The van der Waals surface area contributed by atoms with E-state index in [4.69, 9.17) is 5.11 Å². The van der Waals surface area contributed by atoms with E-state index < -0.39 is 5.97 Å². The lowest BCUT2D eigenvalue weighted by Gasteiger charge is -2.17. The zero-order valence-corrected chi connectivity index (χ0v) is 16.7. The summed E-state index contributed by atoms with van der Waals surface area (Å²) in [6, 6.07) is 22.0. The van der Waals surface area contributed by atoms with Gasteiger partial charge in [-0.2, -0.15) is 0 Å². The Morgan fingerprint density at radius 2 is 1.23 bits per heavy atom. The third-order valence-corrected chi connectivity index (χ3v) is 4.79. The second kappa shape index (κ2) is 9.61. The Bertz CT molecular complexity index is 1010. The SMILES string of the molecule is CCCC(=C(c1ccc(O)cc1)c1ccc(O)cc1)c1ccc(/C=C/C(=O)O)cc1. The second-order valence-electron chi connectivity index (χ2n) is 6.99. The zero-order valence-electron chi connectivity index (χ0n) is 16.7. The number of hydrogen-bond acceptors (Lipinski definition) is 3. The number of carboxylic acid groups (broad SMARTS) is 1. The highest BCUT2D eigenvalue weighted by atomic mass is 16.4. The lowest BCUT2D eigenvalue weighted by Crippen LogP contribution is -1.96. The second-order valence-corrected chi connectivity index (χ2v) is 6.99. The van der Waals surface area contributed by atoms with Crippen LogP contribution in [0.1, 0.15) is 42.0 Å². The smallest absolute Gasteiger partial charge is 0.328 e. The molecule has 3 aromatic carbocycles. The molecule has 0 aliphatic rings. The van der Waals surface area contributed by atoms with E-state index in [0.29, 0.717) is 0 Å². The highest BCUT2D eigenvalue weighted by Gasteiger charge is 2.14. The molecule has 0 saturated heterocycles. The molecule has 0 atom stereocenters. The van der Waals surface area contributed by atoms with E-state index in [-0.39, 0.29) is 11.5 Å². The minimum atomic E-state index is -0.979. The van der Waals surface area contributed by atoms with Crippen LogP contribution in [0.5, 0.6) is 11.5 Å². The summed E-state index contributed by atoms with van der Waals surface area (Å²) < 4.78 is 0. The number of carbonyl (C=O) groups is 1. The number of rotatable bonds is 7. The van der Waals surface area contributed by atoms with Crippen molar-refractivity contribution in [3.8, 4) is 11.5 Å². The van der Waals surface area contributed by atoms with Crippen molar-refractivity contribution in [2.75, 3.05) is 0 Å². The Balaban J connectivity index is 2.17. The van der Waals surface area contributed by atoms with Crippen molar-refractivity contribution < 1.29 is 20.1 Å². The van der Waals surface area contributed by atoms with Gasteiger partial charge in [0.1, 0.15) is 11.5 Å². The highest BCUT2D eigenvalue weighted by Crippen LogP contribution is 2.36. The number of allylic oxidation sites excluding steroid dienone is 1. The summed E-state index contributed by atoms with van der Waals surface area (Å²) in [7, 11) is 0. The first-order valence-corrected chi connectivity index (χ1v) is 9.81. The van der Waals surface area contributed by atoms with Crippen molar-refractivity contribution in [2.45, 2.75) is 19.8 Å². The fraction of sp³-hybridized carbons (Fsp3) is 0.115. The van der Waals surface area contributed by atoms with E-state index in [1.54, 1.807) is 30.3 Å². The van der Waals surface area contributed by atoms with Crippen LogP contribution in [0.4, 0.5) is 0 Å². The Morgan fingerprint density at radius 1 is 0.767 bits per heavy atom. The molecule has 30 heavy (non-hydrogen) atoms. The van der Waals surface area contributed by atoms with Gasteiger partial charge in [0.05, 0.1) is 0 Å². The minimum Gasteiger partial charge on any atom is -0.508 e. The largest absolute Gasteiger partial charge is 0.508 e. The molecule has 4 heteroatoms. The third-order valence-electron chi connectivity index (χ3n) is 4.79. The molecule has 0 fully saturated rings. The zero-order chi connectivity index (χ0) is 21.5. The van der Waals surface area contributed by atoms with E-state index in [1.165, 1.54) is 0 Å². The Morgan fingerprint density at radius 3 is 1.67 bits per heavy atom. The fourth-order valence-electron chi connectivity index (χ4n) is 3.40. The first-order chi connectivity index (χ1) is 14.5. The quantitative estimate of drug-likeness (QED) is 0.338. The number of hydrogen-bond donors (Lipinski definition) is 3. The van der Waals surface area contributed by atoms with Gasteiger partial charge >= 0.3 is 5.97 Å². The van der Waals surface area contributed by atoms with Crippen LogP contribution < -0.4 is 0 Å². The van der Waals surface area contributed by atoms with Crippen LogP contribution in [-0.4, -0.2) is 21.3 Å². The van der Waals surface area contributed by atoms with Gasteiger partial charge in [-0.05, 0) is 70.2 Å². The van der Waals surface area contributed by atoms with Crippen LogP contribution in [0.15, 0.2) is 78.9 Å². The molecule has 0 unspecified atom stereocenters. The van der Waals surface area contributed by atoms with Gasteiger partial charge < -0.3 is 15.3 Å². The summed E-state index contributed by atoms with van der Waals surface area (Å²) in [5.41, 5.74) is 5.97. The molecule has 4 nitrogen and oxygen atoms in total. The first-order valence-electron chi connectivity index (χ1n) is 9.81. The Labute approximate surface area is 176 Å². The van der Waals surface area contributed by atoms with Crippen molar-refractivity contribution in [3.63, 3.8) is 0 Å². The fourth-order valence-corrected chi connectivity index (χ4v) is 3.40. The molecule has 0 aromatic heterocycles. The molecule has 3 aromatic rings. The molecule has 0 amide bonds. The standard InChI is InChI=1S/C26H24O4/c1-2-3-24(19-7-4-18(5-8-19)6-17-25(29)30)26(20-9-13-22(27)14-10-20)21-11-15-23(28)16-12-21/h4-17,27-28H,2-3H2,1H3,(H,29,30)/b17-6+. The van der Waals surface area contributed by atoms with Crippen LogP contribution in [0.25, 0.3) is 17.2 Å². The van der Waals surface area contributed by atoms with E-state index in [2.05, 4.69) is 6.92 Å². The van der Waals surface area contributed by atoms with Gasteiger partial charge in [0.2, 0.25) is 0 Å². The predicted octanol–water partition coefficient (Wildman–Crippen LogP) is 5.95. The molecule has 0 bridgehead atoms. The van der Waals surface area contributed by atoms with Gasteiger partial charge in [0.25, 0.3) is 0 Å². The lowest BCUT2D eigenvalue weighted by atomic mass is 9.87. The third kappa shape index (κ3) is 5.17. The monoisotopic (exact) mass is 400 g/mol. The van der Waals surface area contributed by atoms with Gasteiger partial charge in [0, 0.05) is 6.08 Å². The summed E-state index contributed by atoms with van der Waals surface area (Å²) in [6.07, 6.45) is 4.46. The number of benzene rings is 3. The van der Waals surface area contributed by atoms with Gasteiger partial charge in [-0.15, -0.1) is 0 Å². The molecular formula is C26H24O4. The number of phenols is 2. The molecule has 3 N–H and O–H groups in total. The number of aliphatic carboxylic acids is 1. The van der Waals surface area contributed by atoms with Crippen molar-refractivity contribution in [3.05, 3.63) is 101 Å². The van der Waals surface area contributed by atoms with E-state index in [9.17, 15) is 15.0 Å². The van der Waals surface area contributed by atoms with Crippen molar-refractivity contribution >= 4 is 23.2 Å². The Kier molecular flexibility index (Phi) is 6.71. The molecule has 0 spiro atoms. The summed E-state index contributed by atoms with van der Waals surface area (Å²) in [5.74, 6) is -0.571. The Hall–Kier alpha value is -3.79. The first kappa shape index (κ1) is 20.9. The predicted molar refractivity (Wildman–Crippen MR) is 120 cm³/mol. The van der Waals surface area contributed by atoms with Crippen LogP contribution >= 0.6 is 0 Å². The van der Waals surface area contributed by atoms with Crippen LogP contribution in [0, 0.1) is 0 Å². The van der Waals surface area contributed by atoms with Crippen molar-refractivity contribution in [1.29, 1.82) is 0 Å². The normalized spacial score (nSPS) is 10.8. The molecule has 0 aliphatic heterocycles. The molecule has 0 saturated carbocycles. The maximum atomic E-state index is 10.8. The van der Waals surface area contributed by atoms with Crippen molar-refractivity contribution in [1.82, 2.24) is 0 Å². The van der Waals surface area contributed by atoms with E-state index >= 15 is 0 Å². The van der Waals surface area contributed by atoms with Crippen molar-refractivity contribution in [2.24, 2.45) is 0 Å². The summed E-state index contributed by atoms with van der Waals surface area (Å²) in [4.78, 5) is 10.8. The average Bonchev–Trinajstić information content (AvgIpc) is 2.75. The lowest BCUT2D eigenvalue weighted by molar-refractivity contribution is -0.131. The number of carboxylic acids is 1. The summed E-state index contributed by atoms with van der Waals surface area (Å²) >= 11 is 0. The molecule has 0 aliphatic carbocycles. The maximum Gasteiger partial charge on any atom is 0.328 e. The van der Waals surface area contributed by atoms with Crippen LogP contribution in [-0.2, 0) is 4.79 Å². The van der Waals surface area contributed by atoms with Gasteiger partial charge in [0.15, 0.2) is 0 Å². The van der Waals surface area contributed by atoms with E-state index in [0.717, 1.165) is 52.3 Å². The molecule has 152 valence electrons. The summed E-state index contributed by atoms with van der Waals surface area (Å²) in [5, 5.41) is 28.3. The molecule has 0 radical (unpaired) electrons. The molecule has 3 rings (SSSR count). The number of aromatic hydroxyl groups is 2. The number of phenolic OH excluding ortho intramolecular Hbond substituents is 2. The summed E-state index contributed by atoms with van der Waals surface area (Å²) in [6.45, 7) is 2.12. The maximum absolute atomic E-state index is 10.8. The van der Waals surface area contributed by atoms with Gasteiger partial charge in [-0.3, -0.25) is 0 Å². The van der Waals surface area contributed by atoms with Crippen LogP contribution in [0.3, 0.4) is 0 Å². The molecule has 0 heterocycles. The van der Waals surface area contributed by atoms with Crippen LogP contribution in [0.2, 0.25) is 0 Å². The molecular weight excluding hydrogens is 376 g/mol.